The minimum atomic E-state index is 0.565. The van der Waals surface area contributed by atoms with Crippen molar-refractivity contribution < 1.29 is 4.42 Å². The van der Waals surface area contributed by atoms with Crippen molar-refractivity contribution in [3.8, 4) is 22.8 Å². The van der Waals surface area contributed by atoms with Crippen molar-refractivity contribution in [2.24, 2.45) is 0 Å². The quantitative estimate of drug-likeness (QED) is 0.362. The second kappa shape index (κ2) is 9.64. The SMILES string of the molecule is c1ccc(-c2nc(N3CCN(CCc4ccccn4)CC3)c3oc(-c4ccccc4)nc3n2)cc1. The number of anilines is 1. The second-order valence-electron chi connectivity index (χ2n) is 8.67. The van der Waals surface area contributed by atoms with Crippen LogP contribution >= 0.6 is 0 Å². The third-order valence-corrected chi connectivity index (χ3v) is 6.37. The van der Waals surface area contributed by atoms with Gasteiger partial charge in [0.05, 0.1) is 0 Å². The van der Waals surface area contributed by atoms with Crippen LogP contribution in [0.3, 0.4) is 0 Å². The van der Waals surface area contributed by atoms with Gasteiger partial charge in [0, 0.05) is 62.2 Å². The zero-order valence-corrected chi connectivity index (χ0v) is 19.4. The molecule has 6 rings (SSSR count). The average molecular weight is 463 g/mol. The number of aromatic nitrogens is 4. The minimum Gasteiger partial charge on any atom is -0.430 e. The van der Waals surface area contributed by atoms with E-state index in [0.29, 0.717) is 22.9 Å². The van der Waals surface area contributed by atoms with Gasteiger partial charge in [0.25, 0.3) is 0 Å². The molecular weight excluding hydrogens is 436 g/mol. The summed E-state index contributed by atoms with van der Waals surface area (Å²) in [6.45, 7) is 4.64. The van der Waals surface area contributed by atoms with Crippen LogP contribution in [0, 0.1) is 0 Å². The fourth-order valence-corrected chi connectivity index (χ4v) is 4.45. The summed E-state index contributed by atoms with van der Waals surface area (Å²) in [7, 11) is 0. The number of fused-ring (bicyclic) bond motifs is 1. The smallest absolute Gasteiger partial charge is 0.229 e. The molecule has 4 heterocycles. The molecule has 174 valence electrons. The first kappa shape index (κ1) is 21.4. The molecule has 0 atom stereocenters. The van der Waals surface area contributed by atoms with Gasteiger partial charge in [0.1, 0.15) is 0 Å². The molecule has 1 saturated heterocycles. The Labute approximate surface area is 204 Å². The molecule has 7 heteroatoms. The maximum absolute atomic E-state index is 6.26. The molecular formula is C28H26N6O. The molecule has 0 saturated carbocycles. The minimum absolute atomic E-state index is 0.565. The molecule has 1 aliphatic rings. The topological polar surface area (TPSA) is 71.2 Å². The van der Waals surface area contributed by atoms with E-state index in [4.69, 9.17) is 19.4 Å². The highest BCUT2D eigenvalue weighted by atomic mass is 16.4. The van der Waals surface area contributed by atoms with E-state index in [-0.39, 0.29) is 0 Å². The molecule has 0 aliphatic carbocycles. The van der Waals surface area contributed by atoms with E-state index in [1.54, 1.807) is 0 Å². The van der Waals surface area contributed by atoms with E-state index in [1.165, 1.54) is 0 Å². The lowest BCUT2D eigenvalue weighted by Gasteiger charge is -2.35. The molecule has 1 aliphatic heterocycles. The van der Waals surface area contributed by atoms with Gasteiger partial charge in [-0.3, -0.25) is 9.88 Å². The van der Waals surface area contributed by atoms with Crippen LogP contribution < -0.4 is 4.90 Å². The fourth-order valence-electron chi connectivity index (χ4n) is 4.45. The Morgan fingerprint density at radius 1 is 0.714 bits per heavy atom. The fraction of sp³-hybridized carbons (Fsp3) is 0.214. The van der Waals surface area contributed by atoms with E-state index in [1.807, 2.05) is 79.0 Å². The Morgan fingerprint density at radius 3 is 2.14 bits per heavy atom. The van der Waals surface area contributed by atoms with Crippen LogP contribution in [0.4, 0.5) is 5.82 Å². The van der Waals surface area contributed by atoms with Gasteiger partial charge < -0.3 is 9.32 Å². The Balaban J connectivity index is 1.29. The standard InChI is InChI=1S/C28H26N6O/c1-3-9-21(10-4-1)25-30-26-24(35-28(32-26)22-11-5-2-6-12-22)27(31-25)34-19-17-33(18-20-34)16-14-23-13-7-8-15-29-23/h1-13,15H,14,16-20H2. The predicted molar refractivity (Wildman–Crippen MR) is 137 cm³/mol. The Kier molecular flexibility index (Phi) is 5.90. The summed E-state index contributed by atoms with van der Waals surface area (Å²) in [5.74, 6) is 2.04. The van der Waals surface area contributed by atoms with Gasteiger partial charge >= 0.3 is 0 Å². The Morgan fingerprint density at radius 2 is 1.43 bits per heavy atom. The monoisotopic (exact) mass is 462 g/mol. The highest BCUT2D eigenvalue weighted by Crippen LogP contribution is 2.32. The number of nitrogens with zero attached hydrogens (tertiary/aromatic N) is 6. The van der Waals surface area contributed by atoms with Crippen LogP contribution in [0.25, 0.3) is 34.1 Å². The lowest BCUT2D eigenvalue weighted by Crippen LogP contribution is -2.47. The van der Waals surface area contributed by atoms with E-state index >= 15 is 0 Å². The largest absolute Gasteiger partial charge is 0.430 e. The van der Waals surface area contributed by atoms with Crippen molar-refractivity contribution in [1.29, 1.82) is 0 Å². The van der Waals surface area contributed by atoms with Crippen LogP contribution in [-0.4, -0.2) is 57.6 Å². The molecule has 0 unspecified atom stereocenters. The summed E-state index contributed by atoms with van der Waals surface area (Å²) in [5, 5.41) is 0. The van der Waals surface area contributed by atoms with Gasteiger partial charge in [0.15, 0.2) is 11.6 Å². The molecule has 5 aromatic rings. The first-order chi connectivity index (χ1) is 17.3. The number of benzene rings is 2. The first-order valence-electron chi connectivity index (χ1n) is 12.0. The maximum Gasteiger partial charge on any atom is 0.229 e. The van der Waals surface area contributed by atoms with Gasteiger partial charge in [-0.05, 0) is 24.3 Å². The maximum atomic E-state index is 6.26. The van der Waals surface area contributed by atoms with Crippen molar-refractivity contribution in [3.05, 3.63) is 90.8 Å². The van der Waals surface area contributed by atoms with Crippen molar-refractivity contribution in [2.75, 3.05) is 37.6 Å². The summed E-state index contributed by atoms with van der Waals surface area (Å²) in [6.07, 6.45) is 2.82. The molecule has 0 radical (unpaired) electrons. The number of pyridine rings is 1. The van der Waals surface area contributed by atoms with Crippen LogP contribution in [0.15, 0.2) is 89.5 Å². The lowest BCUT2D eigenvalue weighted by atomic mass is 10.2. The molecule has 2 aromatic carbocycles. The Bertz CT molecular complexity index is 1400. The van der Waals surface area contributed by atoms with Gasteiger partial charge in [-0.1, -0.05) is 54.6 Å². The van der Waals surface area contributed by atoms with Crippen LogP contribution in [0.2, 0.25) is 0 Å². The predicted octanol–water partition coefficient (Wildman–Crippen LogP) is 4.71. The molecule has 3 aromatic heterocycles. The van der Waals surface area contributed by atoms with E-state index in [9.17, 15) is 0 Å². The third kappa shape index (κ3) is 4.63. The van der Waals surface area contributed by atoms with Crippen molar-refractivity contribution >= 4 is 17.0 Å². The normalized spacial score (nSPS) is 14.5. The molecule has 0 spiro atoms. The van der Waals surface area contributed by atoms with Gasteiger partial charge in [0.2, 0.25) is 17.1 Å². The molecule has 7 nitrogen and oxygen atoms in total. The van der Waals surface area contributed by atoms with Gasteiger partial charge in [-0.15, -0.1) is 0 Å². The zero-order chi connectivity index (χ0) is 23.5. The number of rotatable bonds is 6. The average Bonchev–Trinajstić information content (AvgIpc) is 3.38. The first-order valence-corrected chi connectivity index (χ1v) is 12.0. The number of hydrogen-bond donors (Lipinski definition) is 0. The van der Waals surface area contributed by atoms with E-state index < -0.39 is 0 Å². The van der Waals surface area contributed by atoms with Crippen molar-refractivity contribution in [3.63, 3.8) is 0 Å². The van der Waals surface area contributed by atoms with Gasteiger partial charge in [-0.2, -0.15) is 4.98 Å². The molecule has 0 bridgehead atoms. The van der Waals surface area contributed by atoms with Gasteiger partial charge in [-0.25, -0.2) is 9.97 Å². The summed E-state index contributed by atoms with van der Waals surface area (Å²) in [6, 6.07) is 26.1. The van der Waals surface area contributed by atoms with Crippen LogP contribution in [0.1, 0.15) is 5.69 Å². The summed E-state index contributed by atoms with van der Waals surface area (Å²) < 4.78 is 6.26. The molecule has 0 N–H and O–H groups in total. The Hall–Kier alpha value is -4.10. The van der Waals surface area contributed by atoms with E-state index in [0.717, 1.165) is 61.8 Å². The number of piperazine rings is 1. The summed E-state index contributed by atoms with van der Waals surface area (Å²) >= 11 is 0. The van der Waals surface area contributed by atoms with Crippen molar-refractivity contribution in [1.82, 2.24) is 24.8 Å². The highest BCUT2D eigenvalue weighted by Gasteiger charge is 2.24. The number of hydrogen-bond acceptors (Lipinski definition) is 7. The van der Waals surface area contributed by atoms with Crippen molar-refractivity contribution in [2.45, 2.75) is 6.42 Å². The molecule has 35 heavy (non-hydrogen) atoms. The zero-order valence-electron chi connectivity index (χ0n) is 19.4. The second-order valence-corrected chi connectivity index (χ2v) is 8.67. The van der Waals surface area contributed by atoms with Crippen LogP contribution in [-0.2, 0) is 6.42 Å². The highest BCUT2D eigenvalue weighted by molar-refractivity contribution is 5.85. The van der Waals surface area contributed by atoms with Crippen LogP contribution in [0.5, 0.6) is 0 Å². The van der Waals surface area contributed by atoms with E-state index in [2.05, 4.69) is 20.9 Å². The lowest BCUT2D eigenvalue weighted by molar-refractivity contribution is 0.259. The molecule has 0 amide bonds. The third-order valence-electron chi connectivity index (χ3n) is 6.37. The number of oxazole rings is 1. The summed E-state index contributed by atoms with van der Waals surface area (Å²) in [4.78, 5) is 23.7. The molecule has 1 fully saturated rings. The summed E-state index contributed by atoms with van der Waals surface area (Å²) in [5.41, 5.74) is 4.26.